The SMILES string of the molecule is COc1ccc(CCNC(C)C)c(OC)c1Br. The smallest absolute Gasteiger partial charge is 0.140 e. The summed E-state index contributed by atoms with van der Waals surface area (Å²) < 4.78 is 11.5. The highest BCUT2D eigenvalue weighted by Crippen LogP contribution is 2.37. The summed E-state index contributed by atoms with van der Waals surface area (Å²) in [6.07, 6.45) is 0.934. The van der Waals surface area contributed by atoms with E-state index in [0.29, 0.717) is 6.04 Å². The minimum atomic E-state index is 0.502. The molecule has 17 heavy (non-hydrogen) atoms. The van der Waals surface area contributed by atoms with E-state index in [4.69, 9.17) is 9.47 Å². The first kappa shape index (κ1) is 14.3. The zero-order valence-electron chi connectivity index (χ0n) is 10.8. The Kier molecular flexibility index (Phi) is 5.78. The van der Waals surface area contributed by atoms with Gasteiger partial charge in [-0.25, -0.2) is 0 Å². The largest absolute Gasteiger partial charge is 0.495 e. The molecular weight excluding hydrogens is 282 g/mol. The molecule has 0 radical (unpaired) electrons. The van der Waals surface area contributed by atoms with E-state index in [2.05, 4.69) is 35.1 Å². The van der Waals surface area contributed by atoms with Gasteiger partial charge in [-0.15, -0.1) is 0 Å². The number of ether oxygens (including phenoxy) is 2. The Morgan fingerprint density at radius 3 is 2.47 bits per heavy atom. The van der Waals surface area contributed by atoms with Gasteiger partial charge in [0.25, 0.3) is 0 Å². The number of methoxy groups -OCH3 is 2. The fourth-order valence-corrected chi connectivity index (χ4v) is 2.36. The second kappa shape index (κ2) is 6.87. The topological polar surface area (TPSA) is 30.5 Å². The van der Waals surface area contributed by atoms with Crippen LogP contribution in [0.1, 0.15) is 19.4 Å². The summed E-state index contributed by atoms with van der Waals surface area (Å²) in [6.45, 7) is 5.22. The van der Waals surface area contributed by atoms with E-state index in [1.54, 1.807) is 14.2 Å². The summed E-state index contributed by atoms with van der Waals surface area (Å²) in [5.74, 6) is 1.65. The van der Waals surface area contributed by atoms with Crippen LogP contribution in [0.5, 0.6) is 11.5 Å². The molecule has 1 aromatic rings. The number of hydrogen-bond donors (Lipinski definition) is 1. The number of hydrogen-bond acceptors (Lipinski definition) is 3. The highest BCUT2D eigenvalue weighted by molar-refractivity contribution is 9.10. The van der Waals surface area contributed by atoms with Crippen molar-refractivity contribution >= 4 is 15.9 Å². The lowest BCUT2D eigenvalue weighted by Gasteiger charge is -2.14. The monoisotopic (exact) mass is 301 g/mol. The van der Waals surface area contributed by atoms with Crippen LogP contribution in [0.3, 0.4) is 0 Å². The number of halogens is 1. The summed E-state index contributed by atoms with van der Waals surface area (Å²) in [4.78, 5) is 0. The molecule has 0 unspecified atom stereocenters. The van der Waals surface area contributed by atoms with Gasteiger partial charge in [0.2, 0.25) is 0 Å². The molecule has 4 heteroatoms. The highest BCUT2D eigenvalue weighted by atomic mass is 79.9. The first-order chi connectivity index (χ1) is 8.10. The molecule has 1 rings (SSSR count). The van der Waals surface area contributed by atoms with Crippen molar-refractivity contribution in [3.05, 3.63) is 22.2 Å². The molecule has 0 aliphatic rings. The van der Waals surface area contributed by atoms with Gasteiger partial charge in [-0.1, -0.05) is 19.9 Å². The van der Waals surface area contributed by atoms with E-state index in [1.807, 2.05) is 12.1 Å². The zero-order valence-corrected chi connectivity index (χ0v) is 12.4. The fourth-order valence-electron chi connectivity index (χ4n) is 1.65. The summed E-state index contributed by atoms with van der Waals surface area (Å²) >= 11 is 3.50. The van der Waals surface area contributed by atoms with Crippen molar-refractivity contribution in [2.24, 2.45) is 0 Å². The van der Waals surface area contributed by atoms with Crippen molar-refractivity contribution in [1.82, 2.24) is 5.32 Å². The van der Waals surface area contributed by atoms with Crippen LogP contribution in [0.25, 0.3) is 0 Å². The van der Waals surface area contributed by atoms with Crippen LogP contribution in [0.15, 0.2) is 16.6 Å². The third kappa shape index (κ3) is 3.89. The average Bonchev–Trinajstić information content (AvgIpc) is 2.29. The molecule has 0 aliphatic heterocycles. The van der Waals surface area contributed by atoms with Gasteiger partial charge in [0.1, 0.15) is 16.0 Å². The molecule has 3 nitrogen and oxygen atoms in total. The van der Waals surface area contributed by atoms with Gasteiger partial charge in [0, 0.05) is 6.04 Å². The molecule has 0 spiro atoms. The molecule has 0 heterocycles. The Morgan fingerprint density at radius 1 is 1.24 bits per heavy atom. The highest BCUT2D eigenvalue weighted by Gasteiger charge is 2.12. The lowest BCUT2D eigenvalue weighted by molar-refractivity contribution is 0.385. The standard InChI is InChI=1S/C13H20BrNO2/c1-9(2)15-8-7-10-5-6-11(16-3)12(14)13(10)17-4/h5-6,9,15H,7-8H2,1-4H3. The van der Waals surface area contributed by atoms with Crippen molar-refractivity contribution in [3.8, 4) is 11.5 Å². The third-order valence-electron chi connectivity index (χ3n) is 2.51. The molecule has 1 aromatic carbocycles. The number of benzene rings is 1. The molecule has 0 fully saturated rings. The minimum absolute atomic E-state index is 0.502. The van der Waals surface area contributed by atoms with Gasteiger partial charge in [0.15, 0.2) is 0 Å². The van der Waals surface area contributed by atoms with Crippen LogP contribution in [0.2, 0.25) is 0 Å². The molecule has 96 valence electrons. The van der Waals surface area contributed by atoms with E-state index < -0.39 is 0 Å². The van der Waals surface area contributed by atoms with Crippen molar-refractivity contribution in [1.29, 1.82) is 0 Å². The molecule has 0 aromatic heterocycles. The fraction of sp³-hybridized carbons (Fsp3) is 0.538. The van der Waals surface area contributed by atoms with E-state index in [1.165, 1.54) is 5.56 Å². The van der Waals surface area contributed by atoms with E-state index in [0.717, 1.165) is 28.9 Å². The van der Waals surface area contributed by atoms with Crippen molar-refractivity contribution < 1.29 is 9.47 Å². The Hall–Kier alpha value is -0.740. The summed E-state index contributed by atoms with van der Waals surface area (Å²) in [6, 6.07) is 4.50. The second-order valence-electron chi connectivity index (χ2n) is 4.13. The predicted molar refractivity (Wildman–Crippen MR) is 74.1 cm³/mol. The molecule has 0 atom stereocenters. The maximum atomic E-state index is 5.42. The Balaban J connectivity index is 2.81. The molecule has 0 bridgehead atoms. The van der Waals surface area contributed by atoms with Gasteiger partial charge in [0.05, 0.1) is 14.2 Å². The quantitative estimate of drug-likeness (QED) is 0.876. The normalized spacial score (nSPS) is 10.7. The van der Waals surface area contributed by atoms with Crippen LogP contribution in [0, 0.1) is 0 Å². The molecule has 0 aliphatic carbocycles. The van der Waals surface area contributed by atoms with Gasteiger partial charge in [-0.2, -0.15) is 0 Å². The molecular formula is C13H20BrNO2. The second-order valence-corrected chi connectivity index (χ2v) is 4.93. The van der Waals surface area contributed by atoms with E-state index >= 15 is 0 Å². The van der Waals surface area contributed by atoms with Gasteiger partial charge in [-0.05, 0) is 40.5 Å². The average molecular weight is 302 g/mol. The maximum Gasteiger partial charge on any atom is 0.140 e. The van der Waals surface area contributed by atoms with Crippen LogP contribution in [-0.2, 0) is 6.42 Å². The van der Waals surface area contributed by atoms with Crippen LogP contribution < -0.4 is 14.8 Å². The maximum absolute atomic E-state index is 5.42. The van der Waals surface area contributed by atoms with Crippen LogP contribution >= 0.6 is 15.9 Å². The lowest BCUT2D eigenvalue weighted by atomic mass is 10.1. The summed E-state index contributed by atoms with van der Waals surface area (Å²) in [5, 5.41) is 3.39. The summed E-state index contributed by atoms with van der Waals surface area (Å²) in [5.41, 5.74) is 1.17. The van der Waals surface area contributed by atoms with Crippen LogP contribution in [0.4, 0.5) is 0 Å². The Labute approximate surface area is 112 Å². The molecule has 0 saturated carbocycles. The zero-order chi connectivity index (χ0) is 12.8. The minimum Gasteiger partial charge on any atom is -0.495 e. The van der Waals surface area contributed by atoms with Crippen molar-refractivity contribution in [3.63, 3.8) is 0 Å². The first-order valence-electron chi connectivity index (χ1n) is 5.72. The summed E-state index contributed by atoms with van der Waals surface area (Å²) in [7, 11) is 3.33. The first-order valence-corrected chi connectivity index (χ1v) is 6.52. The van der Waals surface area contributed by atoms with Crippen LogP contribution in [-0.4, -0.2) is 26.8 Å². The third-order valence-corrected chi connectivity index (χ3v) is 3.27. The Morgan fingerprint density at radius 2 is 1.94 bits per heavy atom. The van der Waals surface area contributed by atoms with Gasteiger partial charge < -0.3 is 14.8 Å². The van der Waals surface area contributed by atoms with Crippen molar-refractivity contribution in [2.75, 3.05) is 20.8 Å². The predicted octanol–water partition coefficient (Wildman–Crippen LogP) is 3.01. The lowest BCUT2D eigenvalue weighted by Crippen LogP contribution is -2.25. The van der Waals surface area contributed by atoms with E-state index in [-0.39, 0.29) is 0 Å². The van der Waals surface area contributed by atoms with Gasteiger partial charge >= 0.3 is 0 Å². The number of nitrogens with one attached hydrogen (secondary N) is 1. The van der Waals surface area contributed by atoms with Gasteiger partial charge in [-0.3, -0.25) is 0 Å². The molecule has 0 amide bonds. The van der Waals surface area contributed by atoms with E-state index in [9.17, 15) is 0 Å². The van der Waals surface area contributed by atoms with Crippen molar-refractivity contribution in [2.45, 2.75) is 26.3 Å². The molecule has 1 N–H and O–H groups in total. The number of rotatable bonds is 6. The molecule has 0 saturated heterocycles. The Bertz CT molecular complexity index is 367.